The smallest absolute Gasteiger partial charge is 0.270 e. The molecule has 6 nitrogen and oxygen atoms in total. The van der Waals surface area contributed by atoms with Gasteiger partial charge >= 0.3 is 0 Å². The van der Waals surface area contributed by atoms with Gasteiger partial charge in [-0.2, -0.15) is 0 Å². The van der Waals surface area contributed by atoms with E-state index in [9.17, 15) is 14.4 Å². The van der Waals surface area contributed by atoms with Gasteiger partial charge in [-0.05, 0) is 43.0 Å². The summed E-state index contributed by atoms with van der Waals surface area (Å²) in [4.78, 5) is 45.9. The molecule has 0 unspecified atom stereocenters. The number of nitrogens with zero attached hydrogens (tertiary/aromatic N) is 3. The molecule has 30 heavy (non-hydrogen) atoms. The van der Waals surface area contributed by atoms with Crippen molar-refractivity contribution in [2.75, 3.05) is 24.7 Å². The maximum atomic E-state index is 13.8. The number of anilines is 1. The first-order valence-corrected chi connectivity index (χ1v) is 11.3. The standard InChI is InChI=1S/C23H25N3O3S/c1-4-25-21(28)18-7-5-6-8-19(18)26-20(27)13-14-23(25,26)22(29)24(2)15-16-9-11-17(30-3)12-10-16/h5-12H,4,13-15H2,1-3H3/t23-/m0/s1. The predicted molar refractivity (Wildman–Crippen MR) is 117 cm³/mol. The zero-order valence-electron chi connectivity index (χ0n) is 17.4. The van der Waals surface area contributed by atoms with Crippen molar-refractivity contribution in [1.82, 2.24) is 9.80 Å². The lowest BCUT2D eigenvalue weighted by molar-refractivity contribution is -0.143. The summed E-state index contributed by atoms with van der Waals surface area (Å²) >= 11 is 1.67. The van der Waals surface area contributed by atoms with Crippen LogP contribution in [0.1, 0.15) is 35.7 Å². The Balaban J connectivity index is 1.73. The fourth-order valence-corrected chi connectivity index (χ4v) is 4.98. The molecular formula is C23H25N3O3S. The van der Waals surface area contributed by atoms with Crippen LogP contribution in [0.4, 0.5) is 5.69 Å². The lowest BCUT2D eigenvalue weighted by Crippen LogP contribution is -2.70. The maximum absolute atomic E-state index is 13.8. The maximum Gasteiger partial charge on any atom is 0.270 e. The van der Waals surface area contributed by atoms with Gasteiger partial charge in [0.15, 0.2) is 0 Å². The minimum absolute atomic E-state index is 0.125. The van der Waals surface area contributed by atoms with Gasteiger partial charge in [0, 0.05) is 37.9 Å². The Kier molecular flexibility index (Phi) is 5.32. The Morgan fingerprint density at radius 2 is 1.83 bits per heavy atom. The zero-order valence-corrected chi connectivity index (χ0v) is 18.2. The average Bonchev–Trinajstić information content (AvgIpc) is 3.12. The summed E-state index contributed by atoms with van der Waals surface area (Å²) < 4.78 is 0. The minimum Gasteiger partial charge on any atom is -0.338 e. The Morgan fingerprint density at radius 3 is 2.50 bits per heavy atom. The van der Waals surface area contributed by atoms with Crippen molar-refractivity contribution in [2.45, 2.75) is 36.9 Å². The molecule has 156 valence electrons. The van der Waals surface area contributed by atoms with Gasteiger partial charge < -0.3 is 9.80 Å². The van der Waals surface area contributed by atoms with Crippen LogP contribution in [-0.2, 0) is 16.1 Å². The van der Waals surface area contributed by atoms with Gasteiger partial charge in [-0.3, -0.25) is 19.3 Å². The monoisotopic (exact) mass is 423 g/mol. The van der Waals surface area contributed by atoms with Gasteiger partial charge in [-0.1, -0.05) is 24.3 Å². The highest BCUT2D eigenvalue weighted by Crippen LogP contribution is 2.45. The fraction of sp³-hybridized carbons (Fsp3) is 0.348. The first-order valence-electron chi connectivity index (χ1n) is 10.1. The summed E-state index contributed by atoms with van der Waals surface area (Å²) in [5.41, 5.74) is 0.696. The molecule has 4 rings (SSSR count). The van der Waals surface area contributed by atoms with Crippen molar-refractivity contribution in [3.8, 4) is 0 Å². The minimum atomic E-state index is -1.30. The van der Waals surface area contributed by atoms with E-state index in [2.05, 4.69) is 0 Å². The number of rotatable bonds is 5. The Morgan fingerprint density at radius 1 is 1.13 bits per heavy atom. The van der Waals surface area contributed by atoms with E-state index >= 15 is 0 Å². The molecule has 2 aliphatic heterocycles. The summed E-state index contributed by atoms with van der Waals surface area (Å²) in [6.07, 6.45) is 2.56. The van der Waals surface area contributed by atoms with E-state index < -0.39 is 5.66 Å². The lowest BCUT2D eigenvalue weighted by Gasteiger charge is -2.50. The van der Waals surface area contributed by atoms with Crippen LogP contribution in [0.25, 0.3) is 0 Å². The number of benzene rings is 2. The number of amides is 3. The molecule has 2 aromatic rings. The molecule has 0 spiro atoms. The lowest BCUT2D eigenvalue weighted by atomic mass is 9.95. The van der Waals surface area contributed by atoms with Crippen LogP contribution in [0.2, 0.25) is 0 Å². The van der Waals surface area contributed by atoms with Gasteiger partial charge in [0.25, 0.3) is 11.8 Å². The summed E-state index contributed by atoms with van der Waals surface area (Å²) in [6, 6.07) is 15.1. The Labute approximate surface area is 180 Å². The van der Waals surface area contributed by atoms with Crippen molar-refractivity contribution >= 4 is 35.2 Å². The van der Waals surface area contributed by atoms with Crippen LogP contribution < -0.4 is 4.90 Å². The first kappa shape index (κ1) is 20.5. The van der Waals surface area contributed by atoms with E-state index in [-0.39, 0.29) is 24.1 Å². The summed E-state index contributed by atoms with van der Waals surface area (Å²) in [5.74, 6) is -0.559. The second-order valence-electron chi connectivity index (χ2n) is 7.62. The van der Waals surface area contributed by atoms with Crippen molar-refractivity contribution in [2.24, 2.45) is 0 Å². The second kappa shape index (κ2) is 7.80. The number of carbonyl (C=O) groups is 3. The van der Waals surface area contributed by atoms with Gasteiger partial charge in [-0.15, -0.1) is 11.8 Å². The molecule has 7 heteroatoms. The molecule has 2 aromatic carbocycles. The number of hydrogen-bond acceptors (Lipinski definition) is 4. The molecule has 0 N–H and O–H groups in total. The van der Waals surface area contributed by atoms with Gasteiger partial charge in [0.1, 0.15) is 0 Å². The highest BCUT2D eigenvalue weighted by atomic mass is 32.2. The average molecular weight is 424 g/mol. The molecule has 0 aliphatic carbocycles. The quantitative estimate of drug-likeness (QED) is 0.692. The highest BCUT2D eigenvalue weighted by Gasteiger charge is 2.61. The molecule has 1 saturated heterocycles. The summed E-state index contributed by atoms with van der Waals surface area (Å²) in [6.45, 7) is 2.60. The zero-order chi connectivity index (χ0) is 21.5. The molecule has 2 aliphatic rings. The number of thioether (sulfide) groups is 1. The number of carbonyl (C=O) groups excluding carboxylic acids is 3. The van der Waals surface area contributed by atoms with Crippen LogP contribution in [-0.4, -0.2) is 53.0 Å². The molecule has 1 atom stereocenters. The van der Waals surface area contributed by atoms with E-state index in [4.69, 9.17) is 0 Å². The largest absolute Gasteiger partial charge is 0.338 e. The summed E-state index contributed by atoms with van der Waals surface area (Å²) in [7, 11) is 1.74. The van der Waals surface area contributed by atoms with Gasteiger partial charge in [0.05, 0.1) is 11.3 Å². The first-order chi connectivity index (χ1) is 14.4. The number of hydrogen-bond donors (Lipinski definition) is 0. The normalized spacial score (nSPS) is 20.2. The van der Waals surface area contributed by atoms with Crippen LogP contribution in [0, 0.1) is 0 Å². The van der Waals surface area contributed by atoms with Gasteiger partial charge in [-0.25, -0.2) is 0 Å². The Hall–Kier alpha value is -2.80. The predicted octanol–water partition coefficient (Wildman–Crippen LogP) is 3.37. The van der Waals surface area contributed by atoms with Crippen LogP contribution >= 0.6 is 11.8 Å². The second-order valence-corrected chi connectivity index (χ2v) is 8.50. The number of para-hydroxylation sites is 1. The topological polar surface area (TPSA) is 60.9 Å². The van der Waals surface area contributed by atoms with Crippen LogP contribution in [0.5, 0.6) is 0 Å². The van der Waals surface area contributed by atoms with E-state index in [1.165, 1.54) is 0 Å². The van der Waals surface area contributed by atoms with Crippen molar-refractivity contribution in [3.05, 3.63) is 59.7 Å². The molecule has 0 bridgehead atoms. The number of likely N-dealkylation sites (N-methyl/N-ethyl adjacent to an activating group) is 2. The molecule has 0 saturated carbocycles. The molecule has 1 fully saturated rings. The third-order valence-electron chi connectivity index (χ3n) is 5.96. The van der Waals surface area contributed by atoms with E-state index in [0.29, 0.717) is 30.8 Å². The third kappa shape index (κ3) is 2.99. The SMILES string of the molecule is CCN1C(=O)c2ccccc2N2C(=O)CC[C@]12C(=O)N(C)Cc1ccc(SC)cc1. The number of fused-ring (bicyclic) bond motifs is 3. The van der Waals surface area contributed by atoms with Crippen LogP contribution in [0.15, 0.2) is 53.4 Å². The van der Waals surface area contributed by atoms with Crippen molar-refractivity contribution in [3.63, 3.8) is 0 Å². The Bertz CT molecular complexity index is 1010. The van der Waals surface area contributed by atoms with Crippen LogP contribution in [0.3, 0.4) is 0 Å². The van der Waals surface area contributed by atoms with E-state index in [1.54, 1.807) is 57.8 Å². The van der Waals surface area contributed by atoms with E-state index in [0.717, 1.165) is 10.5 Å². The molecule has 3 amide bonds. The van der Waals surface area contributed by atoms with Crippen molar-refractivity contribution < 1.29 is 14.4 Å². The molecule has 2 heterocycles. The molecular weight excluding hydrogens is 398 g/mol. The molecule has 0 aromatic heterocycles. The van der Waals surface area contributed by atoms with Gasteiger partial charge in [0.2, 0.25) is 11.6 Å². The third-order valence-corrected chi connectivity index (χ3v) is 6.70. The highest BCUT2D eigenvalue weighted by molar-refractivity contribution is 7.98. The fourth-order valence-electron chi connectivity index (χ4n) is 4.57. The van der Waals surface area contributed by atoms with E-state index in [1.807, 2.05) is 37.4 Å². The summed E-state index contributed by atoms with van der Waals surface area (Å²) in [5, 5.41) is 0. The molecule has 0 radical (unpaired) electrons. The van der Waals surface area contributed by atoms with Crippen molar-refractivity contribution in [1.29, 1.82) is 0 Å².